The SMILES string of the molecule is CC(C)(C#N)CN1C(=O)CCc2cc(N)ccc21. The van der Waals surface area contributed by atoms with Crippen LogP contribution in [0.25, 0.3) is 0 Å². The van der Waals surface area contributed by atoms with Crippen molar-refractivity contribution < 1.29 is 4.79 Å². The maximum atomic E-state index is 12.0. The minimum absolute atomic E-state index is 0.0793. The first kappa shape index (κ1) is 12.4. The number of anilines is 2. The Morgan fingerprint density at radius 2 is 2.17 bits per heavy atom. The summed E-state index contributed by atoms with van der Waals surface area (Å²) in [5.41, 5.74) is 7.90. The molecule has 4 nitrogen and oxygen atoms in total. The molecule has 0 unspecified atom stereocenters. The number of nitriles is 1. The molecule has 0 spiro atoms. The van der Waals surface area contributed by atoms with Gasteiger partial charge < -0.3 is 10.6 Å². The topological polar surface area (TPSA) is 70.1 Å². The highest BCUT2D eigenvalue weighted by molar-refractivity contribution is 5.96. The summed E-state index contributed by atoms with van der Waals surface area (Å²) in [6.07, 6.45) is 1.21. The third kappa shape index (κ3) is 2.30. The Morgan fingerprint density at radius 3 is 2.83 bits per heavy atom. The number of carbonyl (C=O) groups is 1. The van der Waals surface area contributed by atoms with Crippen LogP contribution in [-0.4, -0.2) is 12.5 Å². The Hall–Kier alpha value is -2.02. The van der Waals surface area contributed by atoms with Crippen molar-refractivity contribution in [3.8, 4) is 6.07 Å². The monoisotopic (exact) mass is 243 g/mol. The molecule has 0 atom stereocenters. The molecule has 1 aliphatic rings. The average Bonchev–Trinajstić information content (AvgIpc) is 2.33. The summed E-state index contributed by atoms with van der Waals surface area (Å²) in [4.78, 5) is 13.7. The minimum atomic E-state index is -0.550. The molecule has 2 N–H and O–H groups in total. The van der Waals surface area contributed by atoms with Crippen LogP contribution in [0.1, 0.15) is 25.8 Å². The van der Waals surface area contributed by atoms with Crippen LogP contribution in [-0.2, 0) is 11.2 Å². The van der Waals surface area contributed by atoms with E-state index in [0.717, 1.165) is 17.7 Å². The molecular weight excluding hydrogens is 226 g/mol. The predicted octanol–water partition coefficient (Wildman–Crippen LogP) is 2.10. The van der Waals surface area contributed by atoms with Crippen molar-refractivity contribution >= 4 is 17.3 Å². The number of nitrogens with two attached hydrogens (primary N) is 1. The molecule has 1 heterocycles. The molecule has 1 amide bonds. The molecule has 4 heteroatoms. The van der Waals surface area contributed by atoms with Gasteiger partial charge in [0.2, 0.25) is 5.91 Å². The van der Waals surface area contributed by atoms with Crippen LogP contribution in [0.2, 0.25) is 0 Å². The molecule has 0 saturated heterocycles. The first-order valence-electron chi connectivity index (χ1n) is 6.03. The molecule has 1 aliphatic heterocycles. The summed E-state index contributed by atoms with van der Waals surface area (Å²) in [7, 11) is 0. The van der Waals surface area contributed by atoms with E-state index in [1.165, 1.54) is 0 Å². The van der Waals surface area contributed by atoms with E-state index < -0.39 is 5.41 Å². The van der Waals surface area contributed by atoms with Crippen LogP contribution in [0.4, 0.5) is 11.4 Å². The van der Waals surface area contributed by atoms with Gasteiger partial charge in [0, 0.05) is 24.3 Å². The van der Waals surface area contributed by atoms with Gasteiger partial charge in [0.15, 0.2) is 0 Å². The van der Waals surface area contributed by atoms with Crippen molar-refractivity contribution in [1.82, 2.24) is 0 Å². The summed E-state index contributed by atoms with van der Waals surface area (Å²) in [6, 6.07) is 7.81. The van der Waals surface area contributed by atoms with Crippen LogP contribution in [0.5, 0.6) is 0 Å². The van der Waals surface area contributed by atoms with E-state index in [1.807, 2.05) is 26.0 Å². The number of aryl methyl sites for hydroxylation is 1. The first-order chi connectivity index (χ1) is 8.43. The molecule has 0 aromatic heterocycles. The number of rotatable bonds is 2. The first-order valence-corrected chi connectivity index (χ1v) is 6.03. The molecule has 0 aliphatic carbocycles. The van der Waals surface area contributed by atoms with Gasteiger partial charge in [0.1, 0.15) is 0 Å². The Kier molecular flexibility index (Phi) is 3.00. The highest BCUT2D eigenvalue weighted by Crippen LogP contribution is 2.31. The summed E-state index contributed by atoms with van der Waals surface area (Å²) in [5.74, 6) is 0.0793. The summed E-state index contributed by atoms with van der Waals surface area (Å²) in [5, 5.41) is 9.10. The summed E-state index contributed by atoms with van der Waals surface area (Å²) >= 11 is 0. The largest absolute Gasteiger partial charge is 0.399 e. The van der Waals surface area contributed by atoms with E-state index in [-0.39, 0.29) is 5.91 Å². The second kappa shape index (κ2) is 4.34. The zero-order valence-corrected chi connectivity index (χ0v) is 10.7. The minimum Gasteiger partial charge on any atom is -0.399 e. The van der Waals surface area contributed by atoms with Crippen molar-refractivity contribution in [3.05, 3.63) is 23.8 Å². The fourth-order valence-electron chi connectivity index (χ4n) is 2.18. The molecule has 0 radical (unpaired) electrons. The van der Waals surface area contributed by atoms with E-state index in [0.29, 0.717) is 18.7 Å². The number of hydrogen-bond donors (Lipinski definition) is 1. The van der Waals surface area contributed by atoms with Gasteiger partial charge in [-0.05, 0) is 44.0 Å². The van der Waals surface area contributed by atoms with E-state index in [1.54, 1.807) is 11.0 Å². The van der Waals surface area contributed by atoms with Gasteiger partial charge in [-0.15, -0.1) is 0 Å². The van der Waals surface area contributed by atoms with Gasteiger partial charge in [-0.25, -0.2) is 0 Å². The van der Waals surface area contributed by atoms with E-state index in [2.05, 4.69) is 6.07 Å². The lowest BCUT2D eigenvalue weighted by molar-refractivity contribution is -0.119. The van der Waals surface area contributed by atoms with Crippen LogP contribution < -0.4 is 10.6 Å². The molecular formula is C14H17N3O. The lowest BCUT2D eigenvalue weighted by Gasteiger charge is -2.33. The van der Waals surface area contributed by atoms with Crippen molar-refractivity contribution in [2.75, 3.05) is 17.2 Å². The van der Waals surface area contributed by atoms with Gasteiger partial charge in [-0.2, -0.15) is 5.26 Å². The quantitative estimate of drug-likeness (QED) is 0.808. The molecule has 18 heavy (non-hydrogen) atoms. The molecule has 0 fully saturated rings. The van der Waals surface area contributed by atoms with E-state index >= 15 is 0 Å². The number of fused-ring (bicyclic) bond motifs is 1. The van der Waals surface area contributed by atoms with Crippen LogP contribution in [0.15, 0.2) is 18.2 Å². The Labute approximate surface area is 107 Å². The molecule has 2 rings (SSSR count). The fraction of sp³-hybridized carbons (Fsp3) is 0.429. The molecule has 1 aromatic carbocycles. The van der Waals surface area contributed by atoms with E-state index in [4.69, 9.17) is 11.0 Å². The third-order valence-corrected chi connectivity index (χ3v) is 3.16. The van der Waals surface area contributed by atoms with Crippen molar-refractivity contribution in [2.45, 2.75) is 26.7 Å². The van der Waals surface area contributed by atoms with Crippen LogP contribution in [0.3, 0.4) is 0 Å². The molecule has 94 valence electrons. The highest BCUT2D eigenvalue weighted by Gasteiger charge is 2.29. The Bertz CT molecular complexity index is 528. The maximum absolute atomic E-state index is 12.0. The van der Waals surface area contributed by atoms with Crippen molar-refractivity contribution in [1.29, 1.82) is 5.26 Å². The number of hydrogen-bond acceptors (Lipinski definition) is 3. The average molecular weight is 243 g/mol. The van der Waals surface area contributed by atoms with Crippen LogP contribution >= 0.6 is 0 Å². The van der Waals surface area contributed by atoms with Gasteiger partial charge in [-0.3, -0.25) is 4.79 Å². The summed E-state index contributed by atoms with van der Waals surface area (Å²) in [6.45, 7) is 4.09. The van der Waals surface area contributed by atoms with Crippen molar-refractivity contribution in [3.63, 3.8) is 0 Å². The lowest BCUT2D eigenvalue weighted by atomic mass is 9.92. The molecule has 0 bridgehead atoms. The summed E-state index contributed by atoms with van der Waals surface area (Å²) < 4.78 is 0. The standard InChI is InChI=1S/C14H17N3O/c1-14(2,8-15)9-17-12-5-4-11(16)7-10(12)3-6-13(17)18/h4-5,7H,3,6,9,16H2,1-2H3. The zero-order valence-electron chi connectivity index (χ0n) is 10.7. The molecule has 0 saturated carbocycles. The smallest absolute Gasteiger partial charge is 0.227 e. The third-order valence-electron chi connectivity index (χ3n) is 3.16. The fourth-order valence-corrected chi connectivity index (χ4v) is 2.18. The lowest BCUT2D eigenvalue weighted by Crippen LogP contribution is -2.41. The second-order valence-electron chi connectivity index (χ2n) is 5.36. The Balaban J connectivity index is 2.37. The van der Waals surface area contributed by atoms with Crippen LogP contribution in [0, 0.1) is 16.7 Å². The predicted molar refractivity (Wildman–Crippen MR) is 70.9 cm³/mol. The van der Waals surface area contributed by atoms with Gasteiger partial charge in [0.25, 0.3) is 0 Å². The number of nitrogen functional groups attached to an aromatic ring is 1. The van der Waals surface area contributed by atoms with E-state index in [9.17, 15) is 4.79 Å². The number of benzene rings is 1. The molecule has 1 aromatic rings. The highest BCUT2D eigenvalue weighted by atomic mass is 16.2. The van der Waals surface area contributed by atoms with Crippen molar-refractivity contribution in [2.24, 2.45) is 5.41 Å². The Morgan fingerprint density at radius 1 is 1.44 bits per heavy atom. The number of carbonyl (C=O) groups excluding carboxylic acids is 1. The maximum Gasteiger partial charge on any atom is 0.227 e. The number of nitrogens with zero attached hydrogens (tertiary/aromatic N) is 2. The number of amides is 1. The van der Waals surface area contributed by atoms with Gasteiger partial charge in [0.05, 0.1) is 11.5 Å². The second-order valence-corrected chi connectivity index (χ2v) is 5.36. The van der Waals surface area contributed by atoms with Gasteiger partial charge in [-0.1, -0.05) is 0 Å². The normalized spacial score (nSPS) is 15.2. The van der Waals surface area contributed by atoms with Gasteiger partial charge >= 0.3 is 0 Å². The zero-order chi connectivity index (χ0) is 13.3.